The van der Waals surface area contributed by atoms with Crippen LogP contribution in [0.4, 0.5) is 4.79 Å². The van der Waals surface area contributed by atoms with Gasteiger partial charge in [0, 0.05) is 22.7 Å². The maximum Gasteiger partial charge on any atom is 0.318 e. The second-order valence-corrected chi connectivity index (χ2v) is 8.31. The van der Waals surface area contributed by atoms with E-state index in [-0.39, 0.29) is 18.1 Å². The lowest BCUT2D eigenvalue weighted by molar-refractivity contribution is 0.0997. The second-order valence-electron chi connectivity index (χ2n) is 7.88. The topological polar surface area (TPSA) is 93.2 Å². The molecule has 2 aromatic rings. The maximum absolute atomic E-state index is 12.5. The van der Waals surface area contributed by atoms with Gasteiger partial charge in [-0.2, -0.15) is 5.10 Å². The molecule has 1 aromatic heterocycles. The number of rotatable bonds is 2. The molecule has 2 heterocycles. The minimum atomic E-state index is -0.568. The first-order valence-electron chi connectivity index (χ1n) is 8.79. The van der Waals surface area contributed by atoms with Gasteiger partial charge in [0.1, 0.15) is 5.69 Å². The number of urea groups is 1. The highest BCUT2D eigenvalue weighted by Crippen LogP contribution is 2.30. The SMILES string of the molecule is Cc1cc(Cl)cc(-c2nn3c(c2C(N)=O)CN(C(=O)NC(C)(C)C)CC3)c1. The number of nitrogens with zero attached hydrogens (tertiary/aromatic N) is 3. The molecule has 0 saturated heterocycles. The minimum Gasteiger partial charge on any atom is -0.365 e. The van der Waals surface area contributed by atoms with Gasteiger partial charge in [0.25, 0.3) is 5.91 Å². The van der Waals surface area contributed by atoms with Gasteiger partial charge < -0.3 is 16.0 Å². The molecule has 1 aromatic carbocycles. The summed E-state index contributed by atoms with van der Waals surface area (Å²) < 4.78 is 1.76. The Hall–Kier alpha value is -2.54. The van der Waals surface area contributed by atoms with Crippen LogP contribution in [-0.4, -0.2) is 38.7 Å². The Kier molecular flexibility index (Phi) is 4.90. The van der Waals surface area contributed by atoms with E-state index in [1.165, 1.54) is 0 Å². The number of amides is 3. The molecule has 1 aliphatic heterocycles. The molecule has 3 amide bonds. The molecule has 1 aliphatic rings. The van der Waals surface area contributed by atoms with E-state index in [0.717, 1.165) is 11.1 Å². The highest BCUT2D eigenvalue weighted by atomic mass is 35.5. The summed E-state index contributed by atoms with van der Waals surface area (Å²) in [6.07, 6.45) is 0. The molecular weight excluding hydrogens is 366 g/mol. The Balaban J connectivity index is 2.00. The van der Waals surface area contributed by atoms with E-state index in [1.807, 2.05) is 39.8 Å². The number of hydrogen-bond acceptors (Lipinski definition) is 3. The van der Waals surface area contributed by atoms with E-state index in [9.17, 15) is 9.59 Å². The van der Waals surface area contributed by atoms with Crippen molar-refractivity contribution in [2.45, 2.75) is 46.3 Å². The maximum atomic E-state index is 12.5. The average molecular weight is 390 g/mol. The normalized spacial score (nSPS) is 14.0. The number of nitrogens with two attached hydrogens (primary N) is 1. The van der Waals surface area contributed by atoms with Crippen molar-refractivity contribution >= 4 is 23.5 Å². The van der Waals surface area contributed by atoms with E-state index in [0.29, 0.717) is 35.1 Å². The van der Waals surface area contributed by atoms with Crippen molar-refractivity contribution in [3.8, 4) is 11.3 Å². The van der Waals surface area contributed by atoms with Crippen molar-refractivity contribution in [1.82, 2.24) is 20.0 Å². The monoisotopic (exact) mass is 389 g/mol. The molecule has 0 aliphatic carbocycles. The first kappa shape index (κ1) is 19.2. The van der Waals surface area contributed by atoms with Crippen molar-refractivity contribution in [3.63, 3.8) is 0 Å². The van der Waals surface area contributed by atoms with E-state index < -0.39 is 5.91 Å². The van der Waals surface area contributed by atoms with E-state index in [2.05, 4.69) is 10.4 Å². The number of benzene rings is 1. The molecule has 0 saturated carbocycles. The number of carbonyl (C=O) groups excluding carboxylic acids is 2. The summed E-state index contributed by atoms with van der Waals surface area (Å²) in [7, 11) is 0. The number of aromatic nitrogens is 2. The van der Waals surface area contributed by atoms with Crippen LogP contribution in [0.5, 0.6) is 0 Å². The summed E-state index contributed by atoms with van der Waals surface area (Å²) in [6, 6.07) is 5.34. The molecule has 7 nitrogen and oxygen atoms in total. The number of nitrogens with one attached hydrogen (secondary N) is 1. The molecule has 3 rings (SSSR count). The second kappa shape index (κ2) is 6.88. The molecule has 144 valence electrons. The van der Waals surface area contributed by atoms with Crippen molar-refractivity contribution in [2.24, 2.45) is 5.73 Å². The molecular formula is C19H24ClN5O2. The lowest BCUT2D eigenvalue weighted by Gasteiger charge is -2.31. The molecule has 0 bridgehead atoms. The lowest BCUT2D eigenvalue weighted by atomic mass is 10.0. The zero-order valence-electron chi connectivity index (χ0n) is 16.0. The van der Waals surface area contributed by atoms with Crippen LogP contribution in [0.3, 0.4) is 0 Å². The van der Waals surface area contributed by atoms with Gasteiger partial charge in [0.15, 0.2) is 0 Å². The number of carbonyl (C=O) groups is 2. The molecule has 8 heteroatoms. The minimum absolute atomic E-state index is 0.175. The largest absolute Gasteiger partial charge is 0.365 e. The first-order valence-corrected chi connectivity index (χ1v) is 9.17. The molecule has 0 atom stereocenters. The Morgan fingerprint density at radius 2 is 1.93 bits per heavy atom. The zero-order chi connectivity index (χ0) is 19.9. The first-order chi connectivity index (χ1) is 12.5. The van der Waals surface area contributed by atoms with E-state index >= 15 is 0 Å². The zero-order valence-corrected chi connectivity index (χ0v) is 16.7. The fraction of sp³-hybridized carbons (Fsp3) is 0.421. The fourth-order valence-corrected chi connectivity index (χ4v) is 3.51. The van der Waals surface area contributed by atoms with Crippen LogP contribution >= 0.6 is 11.6 Å². The molecule has 0 fully saturated rings. The van der Waals surface area contributed by atoms with Crippen LogP contribution in [0.25, 0.3) is 11.3 Å². The van der Waals surface area contributed by atoms with Gasteiger partial charge in [-0.15, -0.1) is 0 Å². The van der Waals surface area contributed by atoms with Crippen LogP contribution in [-0.2, 0) is 13.1 Å². The van der Waals surface area contributed by atoms with Gasteiger partial charge in [-0.3, -0.25) is 9.48 Å². The van der Waals surface area contributed by atoms with E-state index in [1.54, 1.807) is 15.6 Å². The fourth-order valence-electron chi connectivity index (χ4n) is 3.22. The van der Waals surface area contributed by atoms with Crippen molar-refractivity contribution in [2.75, 3.05) is 6.54 Å². The van der Waals surface area contributed by atoms with Crippen LogP contribution in [0.1, 0.15) is 42.4 Å². The number of primary amides is 1. The highest BCUT2D eigenvalue weighted by molar-refractivity contribution is 6.31. The highest BCUT2D eigenvalue weighted by Gasteiger charge is 2.30. The van der Waals surface area contributed by atoms with Gasteiger partial charge in [-0.1, -0.05) is 11.6 Å². The number of hydrogen-bond donors (Lipinski definition) is 2. The van der Waals surface area contributed by atoms with Gasteiger partial charge in [-0.05, 0) is 51.5 Å². The predicted molar refractivity (Wildman–Crippen MR) is 105 cm³/mol. The number of halogens is 1. The Morgan fingerprint density at radius 1 is 1.22 bits per heavy atom. The summed E-state index contributed by atoms with van der Waals surface area (Å²) >= 11 is 6.17. The third-order valence-electron chi connectivity index (χ3n) is 4.31. The standard InChI is InChI=1S/C19H24ClN5O2/c1-11-7-12(9-13(20)8-11)16-15(17(21)26)14-10-24(5-6-25(14)23-16)18(27)22-19(2,3)4/h7-9H,5-6,10H2,1-4H3,(H2,21,26)(H,22,27). The Morgan fingerprint density at radius 3 is 2.52 bits per heavy atom. The van der Waals surface area contributed by atoms with Crippen LogP contribution < -0.4 is 11.1 Å². The van der Waals surface area contributed by atoms with Gasteiger partial charge >= 0.3 is 6.03 Å². The van der Waals surface area contributed by atoms with Gasteiger partial charge in [-0.25, -0.2) is 4.79 Å². The van der Waals surface area contributed by atoms with Gasteiger partial charge in [0.05, 0.1) is 24.3 Å². The quantitative estimate of drug-likeness (QED) is 0.826. The third kappa shape index (κ3) is 4.08. The summed E-state index contributed by atoms with van der Waals surface area (Å²) in [6.45, 7) is 8.96. The summed E-state index contributed by atoms with van der Waals surface area (Å²) in [5.41, 5.74) is 8.52. The van der Waals surface area contributed by atoms with Crippen molar-refractivity contribution < 1.29 is 9.59 Å². The Bertz CT molecular complexity index is 893. The summed E-state index contributed by atoms with van der Waals surface area (Å²) in [5, 5.41) is 8.10. The smallest absolute Gasteiger partial charge is 0.318 e. The third-order valence-corrected chi connectivity index (χ3v) is 4.53. The van der Waals surface area contributed by atoms with Crippen molar-refractivity contribution in [1.29, 1.82) is 0 Å². The van der Waals surface area contributed by atoms with Gasteiger partial charge in [0.2, 0.25) is 0 Å². The molecule has 3 N–H and O–H groups in total. The Labute approximate surface area is 163 Å². The lowest BCUT2D eigenvalue weighted by Crippen LogP contribution is -2.50. The predicted octanol–water partition coefficient (Wildman–Crippen LogP) is 2.93. The number of fused-ring (bicyclic) bond motifs is 1. The van der Waals surface area contributed by atoms with Crippen LogP contribution in [0, 0.1) is 6.92 Å². The van der Waals surface area contributed by atoms with Crippen molar-refractivity contribution in [3.05, 3.63) is 40.0 Å². The molecule has 27 heavy (non-hydrogen) atoms. The van der Waals surface area contributed by atoms with Crippen LogP contribution in [0.15, 0.2) is 18.2 Å². The molecule has 0 unspecified atom stereocenters. The van der Waals surface area contributed by atoms with E-state index in [4.69, 9.17) is 17.3 Å². The molecule has 0 radical (unpaired) electrons. The molecule has 0 spiro atoms. The summed E-state index contributed by atoms with van der Waals surface area (Å²) in [5.74, 6) is -0.568. The number of aryl methyl sites for hydroxylation is 1. The summed E-state index contributed by atoms with van der Waals surface area (Å²) in [4.78, 5) is 26.4. The van der Waals surface area contributed by atoms with Crippen LogP contribution in [0.2, 0.25) is 5.02 Å². The average Bonchev–Trinajstić information content (AvgIpc) is 2.90.